The quantitative estimate of drug-likeness (QED) is 0.509. The zero-order chi connectivity index (χ0) is 20.0. The van der Waals surface area contributed by atoms with Crippen molar-refractivity contribution in [1.29, 1.82) is 0 Å². The highest BCUT2D eigenvalue weighted by molar-refractivity contribution is 7.91. The molecule has 2 heterocycles. The number of sulfone groups is 1. The summed E-state index contributed by atoms with van der Waals surface area (Å²) in [6.07, 6.45) is 3.30. The topological polar surface area (TPSA) is 80.8 Å². The maximum atomic E-state index is 12.7. The fraction of sp³-hybridized carbons (Fsp3) is 0.300. The standard InChI is InChI=1S/C20H21NO5S2/c22-19(14-26-20(23)9-8-18-7-4-11-27-18)21(13-16-5-2-1-3-6-16)17-10-12-28(24,25)15-17/h1-9,11,17H,10,12-15H2/b9-8+/t17-/m0/s1. The first-order chi connectivity index (χ1) is 13.4. The Balaban J connectivity index is 1.63. The van der Waals surface area contributed by atoms with Crippen molar-refractivity contribution in [2.75, 3.05) is 18.1 Å². The largest absolute Gasteiger partial charge is 0.452 e. The van der Waals surface area contributed by atoms with Gasteiger partial charge in [0.05, 0.1) is 11.5 Å². The van der Waals surface area contributed by atoms with Gasteiger partial charge in [0.15, 0.2) is 16.4 Å². The number of esters is 1. The molecule has 1 aliphatic heterocycles. The summed E-state index contributed by atoms with van der Waals surface area (Å²) in [5.41, 5.74) is 0.893. The summed E-state index contributed by atoms with van der Waals surface area (Å²) < 4.78 is 28.8. The van der Waals surface area contributed by atoms with Crippen molar-refractivity contribution >= 4 is 39.1 Å². The average Bonchev–Trinajstić information content (AvgIpc) is 3.32. The highest BCUT2D eigenvalue weighted by Crippen LogP contribution is 2.20. The molecule has 1 saturated heterocycles. The molecule has 0 bridgehead atoms. The Bertz CT molecular complexity index is 936. The van der Waals surface area contributed by atoms with Gasteiger partial charge >= 0.3 is 5.97 Å². The number of carbonyl (C=O) groups is 2. The van der Waals surface area contributed by atoms with Crippen molar-refractivity contribution in [2.45, 2.75) is 19.0 Å². The molecular formula is C20H21NO5S2. The summed E-state index contributed by atoms with van der Waals surface area (Å²) in [5, 5.41) is 1.89. The van der Waals surface area contributed by atoms with Crippen LogP contribution in [0.2, 0.25) is 0 Å². The van der Waals surface area contributed by atoms with Crippen molar-refractivity contribution in [3.05, 3.63) is 64.4 Å². The predicted molar refractivity (Wildman–Crippen MR) is 108 cm³/mol. The lowest BCUT2D eigenvalue weighted by Gasteiger charge is -2.28. The molecule has 28 heavy (non-hydrogen) atoms. The van der Waals surface area contributed by atoms with Gasteiger partial charge in [-0.15, -0.1) is 11.3 Å². The highest BCUT2D eigenvalue weighted by atomic mass is 32.2. The van der Waals surface area contributed by atoms with Crippen LogP contribution in [0.4, 0.5) is 0 Å². The molecule has 2 aromatic rings. The van der Waals surface area contributed by atoms with Gasteiger partial charge in [-0.3, -0.25) is 4.79 Å². The second-order valence-electron chi connectivity index (χ2n) is 6.52. The molecule has 1 aliphatic rings. The van der Waals surface area contributed by atoms with E-state index >= 15 is 0 Å². The van der Waals surface area contributed by atoms with E-state index in [0.717, 1.165) is 10.4 Å². The molecule has 1 aromatic carbocycles. The van der Waals surface area contributed by atoms with Gasteiger partial charge in [0, 0.05) is 23.5 Å². The number of nitrogens with zero attached hydrogens (tertiary/aromatic N) is 1. The van der Waals surface area contributed by atoms with Crippen molar-refractivity contribution in [2.24, 2.45) is 0 Å². The third kappa shape index (κ3) is 5.77. The first-order valence-electron chi connectivity index (χ1n) is 8.85. The zero-order valence-electron chi connectivity index (χ0n) is 15.2. The number of ether oxygens (including phenoxy) is 1. The summed E-state index contributed by atoms with van der Waals surface area (Å²) in [4.78, 5) is 27.0. The van der Waals surface area contributed by atoms with E-state index in [2.05, 4.69) is 0 Å². The second kappa shape index (κ2) is 9.16. The minimum atomic E-state index is -3.14. The molecule has 1 atom stereocenters. The Morgan fingerprint density at radius 1 is 1.18 bits per heavy atom. The minimum absolute atomic E-state index is 0.0577. The van der Waals surface area contributed by atoms with Crippen molar-refractivity contribution in [3.8, 4) is 0 Å². The molecule has 3 rings (SSSR count). The van der Waals surface area contributed by atoms with Crippen LogP contribution in [0.5, 0.6) is 0 Å². The van der Waals surface area contributed by atoms with Crippen LogP contribution in [0.25, 0.3) is 6.08 Å². The normalized spacial score (nSPS) is 18.2. The summed E-state index contributed by atoms with van der Waals surface area (Å²) in [5.74, 6) is -0.999. The fourth-order valence-corrected chi connectivity index (χ4v) is 5.37. The predicted octanol–water partition coefficient (Wildman–Crippen LogP) is 2.52. The number of carbonyl (C=O) groups excluding carboxylic acids is 2. The summed E-state index contributed by atoms with van der Waals surface area (Å²) in [6.45, 7) is -0.139. The molecule has 1 fully saturated rings. The van der Waals surface area contributed by atoms with Crippen LogP contribution < -0.4 is 0 Å². The lowest BCUT2D eigenvalue weighted by molar-refractivity contribution is -0.149. The van der Waals surface area contributed by atoms with E-state index in [9.17, 15) is 18.0 Å². The smallest absolute Gasteiger partial charge is 0.331 e. The fourth-order valence-electron chi connectivity index (χ4n) is 3.02. The van der Waals surface area contributed by atoms with Crippen molar-refractivity contribution in [1.82, 2.24) is 4.90 Å². The Hall–Kier alpha value is -2.45. The number of rotatable bonds is 7. The molecule has 8 heteroatoms. The van der Waals surface area contributed by atoms with Gasteiger partial charge in [-0.2, -0.15) is 0 Å². The molecule has 6 nitrogen and oxygen atoms in total. The van der Waals surface area contributed by atoms with Crippen LogP contribution >= 0.6 is 11.3 Å². The molecule has 1 amide bonds. The van der Waals surface area contributed by atoms with Crippen LogP contribution in [0.1, 0.15) is 16.9 Å². The van der Waals surface area contributed by atoms with Gasteiger partial charge in [-0.25, -0.2) is 13.2 Å². The monoisotopic (exact) mass is 419 g/mol. The second-order valence-corrected chi connectivity index (χ2v) is 9.73. The molecule has 0 spiro atoms. The molecule has 0 radical (unpaired) electrons. The van der Waals surface area contributed by atoms with Gasteiger partial charge in [0.25, 0.3) is 5.91 Å². The molecule has 1 aromatic heterocycles. The van der Waals surface area contributed by atoms with E-state index in [1.165, 1.54) is 22.3 Å². The molecule has 0 unspecified atom stereocenters. The molecular weight excluding hydrogens is 398 g/mol. The third-order valence-corrected chi connectivity index (χ3v) is 7.02. The van der Waals surface area contributed by atoms with E-state index < -0.39 is 34.4 Å². The van der Waals surface area contributed by atoms with Crippen molar-refractivity contribution < 1.29 is 22.7 Å². The van der Waals surface area contributed by atoms with E-state index in [1.807, 2.05) is 47.8 Å². The third-order valence-electron chi connectivity index (χ3n) is 4.43. The lowest BCUT2D eigenvalue weighted by Crippen LogP contribution is -2.42. The van der Waals surface area contributed by atoms with Crippen LogP contribution in [-0.4, -0.2) is 49.3 Å². The van der Waals surface area contributed by atoms with Crippen LogP contribution in [0.15, 0.2) is 53.9 Å². The van der Waals surface area contributed by atoms with Gasteiger partial charge in [0.2, 0.25) is 0 Å². The van der Waals surface area contributed by atoms with Gasteiger partial charge in [-0.1, -0.05) is 36.4 Å². The lowest BCUT2D eigenvalue weighted by atomic mass is 10.1. The number of hydrogen-bond donors (Lipinski definition) is 0. The molecule has 0 aliphatic carbocycles. The number of thiophene rings is 1. The Morgan fingerprint density at radius 3 is 2.61 bits per heavy atom. The SMILES string of the molecule is O=C(/C=C/c1cccs1)OCC(=O)N(Cc1ccccc1)[C@H]1CCS(=O)(=O)C1. The van der Waals surface area contributed by atoms with Crippen LogP contribution in [0.3, 0.4) is 0 Å². The number of hydrogen-bond acceptors (Lipinski definition) is 6. The minimum Gasteiger partial charge on any atom is -0.452 e. The molecule has 0 saturated carbocycles. The highest BCUT2D eigenvalue weighted by Gasteiger charge is 2.34. The Kier molecular flexibility index (Phi) is 6.64. The Labute approximate surface area is 168 Å². The van der Waals surface area contributed by atoms with Crippen LogP contribution in [0, 0.1) is 0 Å². The summed E-state index contributed by atoms with van der Waals surface area (Å²) in [6, 6.07) is 12.7. The summed E-state index contributed by atoms with van der Waals surface area (Å²) in [7, 11) is -3.14. The average molecular weight is 420 g/mol. The number of benzene rings is 1. The summed E-state index contributed by atoms with van der Waals surface area (Å²) >= 11 is 1.49. The number of amides is 1. The molecule has 148 valence electrons. The van der Waals surface area contributed by atoms with Gasteiger partial charge in [-0.05, 0) is 29.5 Å². The first kappa shape index (κ1) is 20.3. The van der Waals surface area contributed by atoms with Gasteiger partial charge in [0.1, 0.15) is 0 Å². The first-order valence-corrected chi connectivity index (χ1v) is 11.6. The van der Waals surface area contributed by atoms with E-state index in [1.54, 1.807) is 6.08 Å². The van der Waals surface area contributed by atoms with Crippen molar-refractivity contribution in [3.63, 3.8) is 0 Å². The Morgan fingerprint density at radius 2 is 1.96 bits per heavy atom. The van der Waals surface area contributed by atoms with E-state index in [4.69, 9.17) is 4.74 Å². The molecule has 0 N–H and O–H groups in total. The zero-order valence-corrected chi connectivity index (χ0v) is 16.8. The van der Waals surface area contributed by atoms with Crippen LogP contribution in [-0.2, 0) is 30.7 Å². The maximum absolute atomic E-state index is 12.7. The van der Waals surface area contributed by atoms with Gasteiger partial charge < -0.3 is 9.64 Å². The van der Waals surface area contributed by atoms with E-state index in [0.29, 0.717) is 6.42 Å². The van der Waals surface area contributed by atoms with E-state index in [-0.39, 0.29) is 18.1 Å². The maximum Gasteiger partial charge on any atom is 0.331 e.